The number of nitrogens with zero attached hydrogens (tertiary/aromatic N) is 1. The molecule has 0 saturated heterocycles. The van der Waals surface area contributed by atoms with Gasteiger partial charge in [-0.15, -0.1) is 0 Å². The molecular weight excluding hydrogens is 222 g/mol. The molecule has 0 saturated carbocycles. The van der Waals surface area contributed by atoms with Gasteiger partial charge in [-0.05, 0) is 32.9 Å². The van der Waals surface area contributed by atoms with Gasteiger partial charge in [-0.25, -0.2) is 9.55 Å². The van der Waals surface area contributed by atoms with Crippen LogP contribution in [0.3, 0.4) is 0 Å². The van der Waals surface area contributed by atoms with Crippen molar-refractivity contribution in [3.05, 3.63) is 24.3 Å². The van der Waals surface area contributed by atoms with E-state index in [9.17, 15) is 0 Å². The average molecular weight is 240 g/mol. The van der Waals surface area contributed by atoms with Crippen molar-refractivity contribution >= 4 is 17.0 Å². The molecule has 0 bridgehead atoms. The van der Waals surface area contributed by atoms with Crippen LogP contribution in [-0.4, -0.2) is 12.0 Å². The van der Waals surface area contributed by atoms with Crippen molar-refractivity contribution in [2.75, 3.05) is 12.4 Å². The van der Waals surface area contributed by atoms with Gasteiger partial charge in [0.15, 0.2) is 0 Å². The van der Waals surface area contributed by atoms with E-state index >= 15 is 0 Å². The highest BCUT2D eigenvalue weighted by Gasteiger charge is 2.26. The molecule has 0 fully saturated rings. The van der Waals surface area contributed by atoms with Crippen LogP contribution in [0.15, 0.2) is 24.3 Å². The maximum Gasteiger partial charge on any atom is 0.356 e. The summed E-state index contributed by atoms with van der Waals surface area (Å²) in [5.41, 5.74) is 2.46. The van der Waals surface area contributed by atoms with E-state index in [1.54, 1.807) is 0 Å². The fourth-order valence-corrected chi connectivity index (χ4v) is 1.95. The molecule has 4 heteroatoms. The zero-order valence-electron chi connectivity index (χ0n) is 10.1. The van der Waals surface area contributed by atoms with Gasteiger partial charge in [0, 0.05) is 0 Å². The number of fused-ring (bicyclic) bond motifs is 1. The fourth-order valence-electron chi connectivity index (χ4n) is 1.95. The van der Waals surface area contributed by atoms with Crippen LogP contribution in [0, 0.1) is 0 Å². The molecule has 3 nitrogen and oxygen atoms in total. The molecule has 0 unspecified atom stereocenters. The maximum atomic E-state index is 3.37. The average Bonchev–Trinajstić information content (AvgIpc) is 2.54. The smallest absolute Gasteiger partial charge is 0.356 e. The maximum absolute atomic E-state index is 3.37. The number of rotatable bonds is 1. The van der Waals surface area contributed by atoms with Gasteiger partial charge in [0.1, 0.15) is 11.0 Å². The Kier molecular flexibility index (Phi) is 3.48. The first kappa shape index (κ1) is 12.8. The van der Waals surface area contributed by atoms with E-state index in [0.29, 0.717) is 0 Å². The lowest BCUT2D eigenvalue weighted by atomic mass is 10.1. The van der Waals surface area contributed by atoms with Gasteiger partial charge in [-0.2, -0.15) is 0 Å². The number of halogens is 1. The fraction of sp³-hybridized carbons (Fsp3) is 0.417. The Morgan fingerprint density at radius 1 is 1.19 bits per heavy atom. The standard InChI is InChI=1S/C12H17N3.ClH/c1-12(2,3)15-10-8-6-5-7-9(10)14-11(15)13-4;/h5-8H,1-4H3,(H,13,14);1H. The topological polar surface area (TPSA) is 31.7 Å². The minimum atomic E-state index is 0. The third-order valence-electron chi connectivity index (χ3n) is 2.53. The second-order valence-electron chi connectivity index (χ2n) is 4.75. The number of para-hydroxylation sites is 2. The summed E-state index contributed by atoms with van der Waals surface area (Å²) in [5.74, 6) is 1.05. The number of H-pyrrole nitrogens is 1. The SMILES string of the molecule is CNc1[nH]c2ccccc2[n+]1C(C)(C)C.[Cl-]. The number of imidazole rings is 1. The van der Waals surface area contributed by atoms with E-state index in [2.05, 4.69) is 53.8 Å². The van der Waals surface area contributed by atoms with Crippen molar-refractivity contribution in [2.45, 2.75) is 26.3 Å². The van der Waals surface area contributed by atoms with E-state index in [1.165, 1.54) is 5.52 Å². The Labute approximate surface area is 102 Å². The molecule has 0 aliphatic heterocycles. The summed E-state index contributed by atoms with van der Waals surface area (Å²) in [4.78, 5) is 3.37. The predicted octanol–water partition coefficient (Wildman–Crippen LogP) is -0.744. The van der Waals surface area contributed by atoms with Gasteiger partial charge in [-0.3, -0.25) is 5.32 Å². The molecule has 2 rings (SSSR count). The number of aromatic nitrogens is 2. The summed E-state index contributed by atoms with van der Waals surface area (Å²) < 4.78 is 2.28. The minimum absolute atomic E-state index is 0. The number of benzene rings is 1. The first-order valence-electron chi connectivity index (χ1n) is 5.25. The highest BCUT2D eigenvalue weighted by molar-refractivity contribution is 5.72. The van der Waals surface area contributed by atoms with Crippen LogP contribution in [0.25, 0.3) is 11.0 Å². The molecule has 88 valence electrons. The number of hydrogen-bond donors (Lipinski definition) is 2. The zero-order chi connectivity index (χ0) is 11.1. The molecule has 2 N–H and O–H groups in total. The molecule has 0 amide bonds. The largest absolute Gasteiger partial charge is 1.00 e. The number of aromatic amines is 1. The van der Waals surface area contributed by atoms with Gasteiger partial charge in [0.25, 0.3) is 0 Å². The Balaban J connectivity index is 0.00000128. The van der Waals surface area contributed by atoms with Crippen LogP contribution in [0.4, 0.5) is 5.95 Å². The molecule has 0 radical (unpaired) electrons. The van der Waals surface area contributed by atoms with Crippen LogP contribution in [0.1, 0.15) is 20.8 Å². The summed E-state index contributed by atoms with van der Waals surface area (Å²) in [7, 11) is 1.94. The number of nitrogens with one attached hydrogen (secondary N) is 2. The molecule has 0 spiro atoms. The molecule has 1 aromatic heterocycles. The second-order valence-corrected chi connectivity index (χ2v) is 4.75. The molecule has 2 aromatic rings. The van der Waals surface area contributed by atoms with Crippen LogP contribution in [-0.2, 0) is 5.54 Å². The minimum Gasteiger partial charge on any atom is -1.00 e. The van der Waals surface area contributed by atoms with Crippen molar-refractivity contribution in [2.24, 2.45) is 0 Å². The van der Waals surface area contributed by atoms with Crippen molar-refractivity contribution in [1.82, 2.24) is 4.98 Å². The van der Waals surface area contributed by atoms with Crippen molar-refractivity contribution in [3.8, 4) is 0 Å². The molecule has 1 aromatic carbocycles. The lowest BCUT2D eigenvalue weighted by Gasteiger charge is -2.18. The van der Waals surface area contributed by atoms with Gasteiger partial charge >= 0.3 is 5.95 Å². The molecule has 0 aliphatic carbocycles. The van der Waals surface area contributed by atoms with Crippen molar-refractivity contribution < 1.29 is 17.0 Å². The molecule has 1 heterocycles. The number of hydrogen-bond acceptors (Lipinski definition) is 1. The van der Waals surface area contributed by atoms with Crippen LogP contribution in [0.2, 0.25) is 0 Å². The predicted molar refractivity (Wildman–Crippen MR) is 63.0 cm³/mol. The Bertz CT molecular complexity index is 482. The number of anilines is 1. The molecule has 16 heavy (non-hydrogen) atoms. The normalized spacial score (nSPS) is 11.2. The summed E-state index contributed by atoms with van der Waals surface area (Å²) in [5, 5.41) is 3.20. The summed E-state index contributed by atoms with van der Waals surface area (Å²) >= 11 is 0. The summed E-state index contributed by atoms with van der Waals surface area (Å²) in [6.45, 7) is 6.61. The van der Waals surface area contributed by atoms with Crippen LogP contribution >= 0.6 is 0 Å². The first-order chi connectivity index (χ1) is 7.04. The summed E-state index contributed by atoms with van der Waals surface area (Å²) in [6.07, 6.45) is 0. The van der Waals surface area contributed by atoms with Crippen molar-refractivity contribution in [1.29, 1.82) is 0 Å². The Hall–Kier alpha value is -1.22. The highest BCUT2D eigenvalue weighted by atomic mass is 35.5. The molecule has 0 atom stereocenters. The van der Waals surface area contributed by atoms with E-state index in [1.807, 2.05) is 13.1 Å². The van der Waals surface area contributed by atoms with E-state index < -0.39 is 0 Å². The first-order valence-corrected chi connectivity index (χ1v) is 5.25. The Morgan fingerprint density at radius 2 is 1.81 bits per heavy atom. The van der Waals surface area contributed by atoms with Crippen LogP contribution < -0.4 is 22.3 Å². The lowest BCUT2D eigenvalue weighted by Crippen LogP contribution is -3.00. The molecule has 0 aliphatic rings. The second kappa shape index (κ2) is 4.34. The quantitative estimate of drug-likeness (QED) is 0.631. The lowest BCUT2D eigenvalue weighted by molar-refractivity contribution is -0.717. The summed E-state index contributed by atoms with van der Waals surface area (Å²) in [6, 6.07) is 8.35. The molecular formula is C12H18ClN3. The third kappa shape index (κ3) is 2.00. The van der Waals surface area contributed by atoms with Crippen molar-refractivity contribution in [3.63, 3.8) is 0 Å². The van der Waals surface area contributed by atoms with Crippen LogP contribution in [0.5, 0.6) is 0 Å². The monoisotopic (exact) mass is 239 g/mol. The highest BCUT2D eigenvalue weighted by Crippen LogP contribution is 2.17. The zero-order valence-corrected chi connectivity index (χ0v) is 10.9. The van der Waals surface area contributed by atoms with E-state index in [-0.39, 0.29) is 17.9 Å². The van der Waals surface area contributed by atoms with Gasteiger partial charge in [-0.1, -0.05) is 12.1 Å². The van der Waals surface area contributed by atoms with E-state index in [4.69, 9.17) is 0 Å². The van der Waals surface area contributed by atoms with Gasteiger partial charge < -0.3 is 12.4 Å². The van der Waals surface area contributed by atoms with Gasteiger partial charge in [0.2, 0.25) is 0 Å². The Morgan fingerprint density at radius 3 is 2.38 bits per heavy atom. The third-order valence-corrected chi connectivity index (χ3v) is 2.53. The van der Waals surface area contributed by atoms with Gasteiger partial charge in [0.05, 0.1) is 12.6 Å². The van der Waals surface area contributed by atoms with E-state index in [0.717, 1.165) is 11.5 Å².